The highest BCUT2D eigenvalue weighted by atomic mass is 32.1. The minimum Gasteiger partial charge on any atom is -0.332 e. The summed E-state index contributed by atoms with van der Waals surface area (Å²) in [6, 6.07) is 9.20. The van der Waals surface area contributed by atoms with Crippen LogP contribution in [-0.2, 0) is 11.3 Å². The third-order valence-electron chi connectivity index (χ3n) is 3.97. The van der Waals surface area contributed by atoms with Crippen molar-refractivity contribution in [3.05, 3.63) is 68.4 Å². The molecular weight excluding hydrogens is 334 g/mol. The fourth-order valence-corrected chi connectivity index (χ4v) is 3.36. The van der Waals surface area contributed by atoms with Gasteiger partial charge in [0.1, 0.15) is 5.82 Å². The number of amides is 1. The smallest absolute Gasteiger partial charge is 0.258 e. The lowest BCUT2D eigenvalue weighted by Crippen LogP contribution is -2.30. The summed E-state index contributed by atoms with van der Waals surface area (Å²) in [5.74, 6) is 0.380. The Balaban J connectivity index is 1.80. The second-order valence-corrected chi connectivity index (χ2v) is 6.63. The van der Waals surface area contributed by atoms with E-state index in [9.17, 15) is 9.59 Å². The number of carbonyl (C=O) groups excluding carboxylic acids is 1. The lowest BCUT2D eigenvalue weighted by atomic mass is 10.2. The Hall–Kier alpha value is -2.73. The summed E-state index contributed by atoms with van der Waals surface area (Å²) in [5.41, 5.74) is 1.60. The molecule has 2 heterocycles. The summed E-state index contributed by atoms with van der Waals surface area (Å²) in [6.07, 6.45) is 3.41. The summed E-state index contributed by atoms with van der Waals surface area (Å²) in [5, 5.41) is 2.55. The molecule has 0 unspecified atom stereocenters. The van der Waals surface area contributed by atoms with Crippen LogP contribution >= 0.6 is 11.3 Å². The third-order valence-corrected chi connectivity index (χ3v) is 4.96. The first kappa shape index (κ1) is 17.1. The lowest BCUT2D eigenvalue weighted by molar-refractivity contribution is -0.126. The first-order valence-electron chi connectivity index (χ1n) is 8.07. The van der Waals surface area contributed by atoms with Gasteiger partial charge < -0.3 is 9.88 Å². The molecule has 128 valence electrons. The van der Waals surface area contributed by atoms with Crippen LogP contribution in [0, 0.1) is 6.92 Å². The molecule has 5 nitrogen and oxygen atoms in total. The Morgan fingerprint density at radius 1 is 1.32 bits per heavy atom. The van der Waals surface area contributed by atoms with Gasteiger partial charge in [-0.25, -0.2) is 4.98 Å². The molecule has 0 atom stereocenters. The zero-order chi connectivity index (χ0) is 17.8. The first-order valence-corrected chi connectivity index (χ1v) is 8.95. The van der Waals surface area contributed by atoms with E-state index in [-0.39, 0.29) is 18.0 Å². The first-order chi connectivity index (χ1) is 12.1. The number of aromatic amines is 1. The maximum Gasteiger partial charge on any atom is 0.258 e. The fourth-order valence-electron chi connectivity index (χ4n) is 2.54. The number of likely N-dealkylation sites (N-methyl/N-ethyl adjacent to an activating group) is 1. The van der Waals surface area contributed by atoms with Gasteiger partial charge >= 0.3 is 0 Å². The van der Waals surface area contributed by atoms with E-state index >= 15 is 0 Å². The number of thiophene rings is 1. The van der Waals surface area contributed by atoms with Crippen LogP contribution < -0.4 is 5.56 Å². The molecule has 0 radical (unpaired) electrons. The molecule has 1 aromatic carbocycles. The van der Waals surface area contributed by atoms with Crippen molar-refractivity contribution in [2.75, 3.05) is 6.54 Å². The molecule has 6 heteroatoms. The molecule has 0 saturated heterocycles. The van der Waals surface area contributed by atoms with Crippen LogP contribution in [0.25, 0.3) is 17.0 Å². The SMILES string of the molecule is CCN(Cc1nc2ccccc2c(=O)[nH]1)C(=O)/C=C/c1sccc1C. The lowest BCUT2D eigenvalue weighted by Gasteiger charge is -2.18. The maximum atomic E-state index is 12.5. The molecule has 3 aromatic rings. The normalized spacial score (nSPS) is 11.3. The van der Waals surface area contributed by atoms with Gasteiger partial charge in [0.25, 0.3) is 5.56 Å². The van der Waals surface area contributed by atoms with E-state index in [2.05, 4.69) is 9.97 Å². The van der Waals surface area contributed by atoms with Crippen molar-refractivity contribution in [2.24, 2.45) is 0 Å². The minimum atomic E-state index is -0.186. The summed E-state index contributed by atoms with van der Waals surface area (Å²) in [7, 11) is 0. The highest BCUT2D eigenvalue weighted by Crippen LogP contribution is 2.17. The van der Waals surface area contributed by atoms with Crippen LogP contribution in [0.4, 0.5) is 0 Å². The molecule has 25 heavy (non-hydrogen) atoms. The zero-order valence-corrected chi connectivity index (χ0v) is 15.0. The second kappa shape index (κ2) is 7.44. The Morgan fingerprint density at radius 2 is 2.12 bits per heavy atom. The molecule has 3 rings (SSSR count). The molecule has 1 N–H and O–H groups in total. The van der Waals surface area contributed by atoms with Crippen molar-refractivity contribution in [2.45, 2.75) is 20.4 Å². The molecule has 0 aliphatic rings. The van der Waals surface area contributed by atoms with Crippen LogP contribution in [0.1, 0.15) is 23.2 Å². The van der Waals surface area contributed by atoms with Crippen molar-refractivity contribution in [1.82, 2.24) is 14.9 Å². The number of aromatic nitrogens is 2. The molecule has 0 aliphatic heterocycles. The van der Waals surface area contributed by atoms with E-state index in [0.29, 0.717) is 23.3 Å². The van der Waals surface area contributed by atoms with Gasteiger partial charge in [0.15, 0.2) is 0 Å². The molecule has 0 aliphatic carbocycles. The van der Waals surface area contributed by atoms with Gasteiger partial charge in [0.2, 0.25) is 5.91 Å². The van der Waals surface area contributed by atoms with Crippen molar-refractivity contribution < 1.29 is 4.79 Å². The second-order valence-electron chi connectivity index (χ2n) is 5.68. The number of nitrogens with zero attached hydrogens (tertiary/aromatic N) is 2. The van der Waals surface area contributed by atoms with Crippen LogP contribution in [0.5, 0.6) is 0 Å². The van der Waals surface area contributed by atoms with Crippen LogP contribution in [-0.4, -0.2) is 27.3 Å². The van der Waals surface area contributed by atoms with Crippen molar-refractivity contribution in [1.29, 1.82) is 0 Å². The number of carbonyl (C=O) groups is 1. The van der Waals surface area contributed by atoms with Crippen LogP contribution in [0.2, 0.25) is 0 Å². The number of benzene rings is 1. The van der Waals surface area contributed by atoms with E-state index in [1.165, 1.54) is 0 Å². The number of aryl methyl sites for hydroxylation is 1. The van der Waals surface area contributed by atoms with E-state index in [0.717, 1.165) is 10.4 Å². The Labute approximate surface area is 149 Å². The van der Waals surface area contributed by atoms with E-state index in [1.54, 1.807) is 40.5 Å². The van der Waals surface area contributed by atoms with Gasteiger partial charge in [-0.15, -0.1) is 11.3 Å². The number of para-hydroxylation sites is 1. The molecular formula is C19H19N3O2S. The van der Waals surface area contributed by atoms with Crippen LogP contribution in [0.15, 0.2) is 46.6 Å². The van der Waals surface area contributed by atoms with Gasteiger partial charge in [0, 0.05) is 17.5 Å². The quantitative estimate of drug-likeness (QED) is 0.715. The van der Waals surface area contributed by atoms with Crippen molar-refractivity contribution in [3.8, 4) is 0 Å². The van der Waals surface area contributed by atoms with E-state index < -0.39 is 0 Å². The average molecular weight is 353 g/mol. The highest BCUT2D eigenvalue weighted by molar-refractivity contribution is 7.11. The maximum absolute atomic E-state index is 12.5. The number of hydrogen-bond acceptors (Lipinski definition) is 4. The molecule has 2 aromatic heterocycles. The van der Waals surface area contributed by atoms with Gasteiger partial charge in [-0.1, -0.05) is 12.1 Å². The predicted octanol–water partition coefficient (Wildman–Crippen LogP) is 3.35. The monoisotopic (exact) mass is 353 g/mol. The van der Waals surface area contributed by atoms with Crippen molar-refractivity contribution in [3.63, 3.8) is 0 Å². The molecule has 0 spiro atoms. The fraction of sp³-hybridized carbons (Fsp3) is 0.211. The molecule has 0 saturated carbocycles. The zero-order valence-electron chi connectivity index (χ0n) is 14.2. The van der Waals surface area contributed by atoms with Crippen LogP contribution in [0.3, 0.4) is 0 Å². The summed E-state index contributed by atoms with van der Waals surface area (Å²) >= 11 is 1.60. The number of H-pyrrole nitrogens is 1. The topological polar surface area (TPSA) is 66.1 Å². The van der Waals surface area contributed by atoms with Gasteiger partial charge in [-0.3, -0.25) is 9.59 Å². The summed E-state index contributed by atoms with van der Waals surface area (Å²) < 4.78 is 0. The van der Waals surface area contributed by atoms with E-state index in [4.69, 9.17) is 0 Å². The largest absolute Gasteiger partial charge is 0.332 e. The Kier molecular flexibility index (Phi) is 5.09. The van der Waals surface area contributed by atoms with Crippen molar-refractivity contribution >= 4 is 34.2 Å². The molecule has 0 fully saturated rings. The van der Waals surface area contributed by atoms with Gasteiger partial charge in [-0.05, 0) is 49.1 Å². The minimum absolute atomic E-state index is 0.105. The Morgan fingerprint density at radius 3 is 2.84 bits per heavy atom. The van der Waals surface area contributed by atoms with E-state index in [1.807, 2.05) is 37.4 Å². The standard InChI is InChI=1S/C19H19N3O2S/c1-3-22(18(23)9-8-16-13(2)10-11-25-16)12-17-20-15-7-5-4-6-14(15)19(24)21-17/h4-11H,3,12H2,1-2H3,(H,20,21,24)/b9-8+. The third kappa shape index (κ3) is 3.85. The highest BCUT2D eigenvalue weighted by Gasteiger charge is 2.12. The van der Waals surface area contributed by atoms with Gasteiger partial charge in [-0.2, -0.15) is 0 Å². The average Bonchev–Trinajstić information content (AvgIpc) is 3.02. The molecule has 1 amide bonds. The predicted molar refractivity (Wildman–Crippen MR) is 102 cm³/mol. The molecule has 0 bridgehead atoms. The summed E-state index contributed by atoms with van der Waals surface area (Å²) in [6.45, 7) is 4.72. The number of nitrogens with one attached hydrogen (secondary N) is 1. The number of fused-ring (bicyclic) bond motifs is 1. The number of hydrogen-bond donors (Lipinski definition) is 1. The summed E-state index contributed by atoms with van der Waals surface area (Å²) in [4.78, 5) is 34.5. The van der Waals surface area contributed by atoms with Gasteiger partial charge in [0.05, 0.1) is 17.4 Å². The number of rotatable bonds is 5. The Bertz CT molecular complexity index is 987.